The maximum Gasteiger partial charge on any atom is 0.244 e. The van der Waals surface area contributed by atoms with Gasteiger partial charge in [0.2, 0.25) is 20.0 Å². The van der Waals surface area contributed by atoms with E-state index in [0.717, 1.165) is 0 Å². The van der Waals surface area contributed by atoms with Crippen molar-refractivity contribution in [2.45, 2.75) is 6.42 Å². The van der Waals surface area contributed by atoms with Crippen LogP contribution in [0, 0.1) is 12.3 Å². The molecule has 0 amide bonds. The van der Waals surface area contributed by atoms with E-state index in [9.17, 15) is 16.8 Å². The van der Waals surface area contributed by atoms with Crippen molar-refractivity contribution in [2.75, 3.05) is 27.1 Å². The van der Waals surface area contributed by atoms with Crippen molar-refractivity contribution < 1.29 is 16.8 Å². The van der Waals surface area contributed by atoms with Crippen molar-refractivity contribution in [1.82, 2.24) is 0 Å². The van der Waals surface area contributed by atoms with Crippen LogP contribution < -0.4 is 9.03 Å². The van der Waals surface area contributed by atoms with Gasteiger partial charge in [-0.1, -0.05) is 17.5 Å². The zero-order valence-corrected chi connectivity index (χ0v) is 13.3. The quantitative estimate of drug-likeness (QED) is 0.830. The number of terminal acetylenes is 1. The molecule has 1 aromatic carbocycles. The average Bonchev–Trinajstić information content (AvgIpc) is 2.71. The summed E-state index contributed by atoms with van der Waals surface area (Å²) in [5, 5.41) is 0.236. The van der Waals surface area contributed by atoms with Crippen LogP contribution in [-0.4, -0.2) is 34.9 Å². The zero-order chi connectivity index (χ0) is 15.7. The van der Waals surface area contributed by atoms with Crippen LogP contribution in [0.15, 0.2) is 18.2 Å². The standard InChI is InChI=1S/C12H13ClN2O4S2/c1-2-7-20(16,17)14-10-4-5-11(13)12(9-10)15-6-3-8-21(15,18)19/h1,4-5,9,14H,3,6-8H2. The molecule has 114 valence electrons. The van der Waals surface area contributed by atoms with Gasteiger partial charge in [0.15, 0.2) is 0 Å². The van der Waals surface area contributed by atoms with Gasteiger partial charge in [0.1, 0.15) is 5.75 Å². The molecule has 1 fully saturated rings. The third-order valence-corrected chi connectivity index (χ3v) is 6.13. The number of sulfonamides is 2. The Morgan fingerprint density at radius 2 is 2.14 bits per heavy atom. The number of rotatable bonds is 4. The number of anilines is 2. The van der Waals surface area contributed by atoms with Gasteiger partial charge in [-0.3, -0.25) is 9.03 Å². The van der Waals surface area contributed by atoms with E-state index in [1.54, 1.807) is 0 Å². The first-order chi connectivity index (χ1) is 9.75. The van der Waals surface area contributed by atoms with Crippen molar-refractivity contribution in [3.63, 3.8) is 0 Å². The summed E-state index contributed by atoms with van der Waals surface area (Å²) < 4.78 is 50.6. The van der Waals surface area contributed by atoms with Gasteiger partial charge in [0.25, 0.3) is 0 Å². The number of hydrogen-bond acceptors (Lipinski definition) is 4. The molecule has 0 aromatic heterocycles. The van der Waals surface area contributed by atoms with Crippen LogP contribution in [-0.2, 0) is 20.0 Å². The maximum atomic E-state index is 11.9. The second kappa shape index (κ2) is 5.75. The lowest BCUT2D eigenvalue weighted by atomic mass is 10.3. The van der Waals surface area contributed by atoms with Gasteiger partial charge in [0, 0.05) is 6.54 Å². The summed E-state index contributed by atoms with van der Waals surface area (Å²) in [7, 11) is -7.06. The largest absolute Gasteiger partial charge is 0.283 e. The first kappa shape index (κ1) is 15.9. The zero-order valence-electron chi connectivity index (χ0n) is 10.9. The molecule has 1 N–H and O–H groups in total. The Balaban J connectivity index is 2.37. The molecule has 0 saturated carbocycles. The van der Waals surface area contributed by atoms with E-state index in [-0.39, 0.29) is 22.2 Å². The molecule has 0 radical (unpaired) electrons. The minimum Gasteiger partial charge on any atom is -0.283 e. The predicted molar refractivity (Wildman–Crippen MR) is 83.4 cm³/mol. The average molecular weight is 349 g/mol. The van der Waals surface area contributed by atoms with Gasteiger partial charge in [-0.15, -0.1) is 6.42 Å². The third-order valence-electron chi connectivity index (χ3n) is 2.86. The fraction of sp³-hybridized carbons (Fsp3) is 0.333. The van der Waals surface area contributed by atoms with E-state index in [2.05, 4.69) is 4.72 Å². The molecular weight excluding hydrogens is 336 g/mol. The van der Waals surface area contributed by atoms with Gasteiger partial charge >= 0.3 is 0 Å². The number of benzene rings is 1. The highest BCUT2D eigenvalue weighted by atomic mass is 35.5. The Bertz CT molecular complexity index is 797. The molecule has 1 aliphatic heterocycles. The molecule has 0 aliphatic carbocycles. The van der Waals surface area contributed by atoms with E-state index in [1.807, 2.05) is 5.92 Å². The lowest BCUT2D eigenvalue weighted by Gasteiger charge is -2.19. The fourth-order valence-electron chi connectivity index (χ4n) is 2.00. The number of nitrogens with zero attached hydrogens (tertiary/aromatic N) is 1. The second-order valence-electron chi connectivity index (χ2n) is 4.47. The third kappa shape index (κ3) is 3.61. The molecule has 9 heteroatoms. The van der Waals surface area contributed by atoms with Gasteiger partial charge in [-0.25, -0.2) is 16.8 Å². The Morgan fingerprint density at radius 3 is 2.71 bits per heavy atom. The summed E-state index contributed by atoms with van der Waals surface area (Å²) in [5.74, 6) is 1.63. The first-order valence-electron chi connectivity index (χ1n) is 5.99. The molecule has 1 aromatic rings. The minimum atomic E-state index is -3.66. The lowest BCUT2D eigenvalue weighted by molar-refractivity contribution is 0.599. The molecule has 21 heavy (non-hydrogen) atoms. The smallest absolute Gasteiger partial charge is 0.244 e. The first-order valence-corrected chi connectivity index (χ1v) is 9.63. The highest BCUT2D eigenvalue weighted by molar-refractivity contribution is 7.93. The number of halogens is 1. The summed E-state index contributed by atoms with van der Waals surface area (Å²) in [5.41, 5.74) is 0.474. The summed E-state index contributed by atoms with van der Waals surface area (Å²) in [6.45, 7) is 0.322. The molecule has 2 rings (SSSR count). The molecule has 0 atom stereocenters. The summed E-state index contributed by atoms with van der Waals surface area (Å²) in [6.07, 6.45) is 5.49. The van der Waals surface area contributed by atoms with Crippen LogP contribution in [0.5, 0.6) is 0 Å². The monoisotopic (exact) mass is 348 g/mol. The SMILES string of the molecule is C#CCS(=O)(=O)Nc1ccc(Cl)c(N2CCCS2(=O)=O)c1. The van der Waals surface area contributed by atoms with Gasteiger partial charge in [-0.2, -0.15) is 0 Å². The maximum absolute atomic E-state index is 11.9. The molecule has 6 nitrogen and oxygen atoms in total. The molecular formula is C12H13ClN2O4S2. The summed E-state index contributed by atoms with van der Waals surface area (Å²) in [4.78, 5) is 0. The Kier molecular flexibility index (Phi) is 4.37. The van der Waals surface area contributed by atoms with Crippen molar-refractivity contribution in [3.8, 4) is 12.3 Å². The molecule has 1 heterocycles. The molecule has 1 aliphatic rings. The van der Waals surface area contributed by atoms with Gasteiger partial charge in [-0.05, 0) is 24.6 Å². The highest BCUT2D eigenvalue weighted by Gasteiger charge is 2.30. The molecule has 0 spiro atoms. The topological polar surface area (TPSA) is 83.6 Å². The van der Waals surface area contributed by atoms with Crippen LogP contribution >= 0.6 is 11.6 Å². The minimum absolute atomic E-state index is 0.0520. The summed E-state index contributed by atoms with van der Waals surface area (Å²) in [6, 6.07) is 4.28. The lowest BCUT2D eigenvalue weighted by Crippen LogP contribution is -2.25. The molecule has 0 bridgehead atoms. The normalized spacial score (nSPS) is 17.4. The van der Waals surface area contributed by atoms with E-state index in [4.69, 9.17) is 18.0 Å². The van der Waals surface area contributed by atoms with Crippen molar-refractivity contribution in [3.05, 3.63) is 23.2 Å². The van der Waals surface area contributed by atoms with Crippen molar-refractivity contribution in [1.29, 1.82) is 0 Å². The molecule has 1 saturated heterocycles. The number of hydrogen-bond donors (Lipinski definition) is 1. The van der Waals surface area contributed by atoms with Crippen molar-refractivity contribution >= 4 is 43.0 Å². The van der Waals surface area contributed by atoms with E-state index in [0.29, 0.717) is 13.0 Å². The second-order valence-corrected chi connectivity index (χ2v) is 8.62. The van der Waals surface area contributed by atoms with E-state index in [1.165, 1.54) is 22.5 Å². The van der Waals surface area contributed by atoms with Crippen LogP contribution in [0.4, 0.5) is 11.4 Å². The Morgan fingerprint density at radius 1 is 1.43 bits per heavy atom. The van der Waals surface area contributed by atoms with Crippen LogP contribution in [0.3, 0.4) is 0 Å². The van der Waals surface area contributed by atoms with Crippen molar-refractivity contribution in [2.24, 2.45) is 0 Å². The fourth-order valence-corrected chi connectivity index (χ4v) is 4.62. The van der Waals surface area contributed by atoms with Crippen LogP contribution in [0.25, 0.3) is 0 Å². The van der Waals surface area contributed by atoms with Crippen LogP contribution in [0.2, 0.25) is 5.02 Å². The van der Waals surface area contributed by atoms with E-state index < -0.39 is 25.8 Å². The summed E-state index contributed by atoms with van der Waals surface area (Å²) >= 11 is 6.02. The van der Waals surface area contributed by atoms with E-state index >= 15 is 0 Å². The van der Waals surface area contributed by atoms with Gasteiger partial charge in [0.05, 0.1) is 22.2 Å². The Labute approximate surface area is 129 Å². The highest BCUT2D eigenvalue weighted by Crippen LogP contribution is 2.33. The van der Waals surface area contributed by atoms with Crippen LogP contribution in [0.1, 0.15) is 6.42 Å². The Hall–Kier alpha value is -1.43. The molecule has 0 unspecified atom stereocenters. The predicted octanol–water partition coefficient (Wildman–Crippen LogP) is 1.25. The van der Waals surface area contributed by atoms with Gasteiger partial charge < -0.3 is 0 Å². The number of nitrogens with one attached hydrogen (secondary N) is 1.